The van der Waals surface area contributed by atoms with Crippen LogP contribution in [0, 0.1) is 0 Å². The smallest absolute Gasteiger partial charge is 0.254 e. The Morgan fingerprint density at radius 1 is 0.889 bits per heavy atom. The Labute approximate surface area is 158 Å². The molecular weight excluding hydrogens is 338 g/mol. The largest absolute Gasteiger partial charge is 0.360 e. The number of morpholine rings is 1. The van der Waals surface area contributed by atoms with Crippen LogP contribution in [-0.4, -0.2) is 29.1 Å². The molecule has 0 aromatic heterocycles. The molecule has 1 saturated heterocycles. The van der Waals surface area contributed by atoms with Crippen LogP contribution in [0.25, 0.3) is 0 Å². The van der Waals surface area contributed by atoms with Gasteiger partial charge in [-0.2, -0.15) is 0 Å². The number of carbonyl (C=O) groups excluding carboxylic acids is 1. The van der Waals surface area contributed by atoms with Gasteiger partial charge in [0.25, 0.3) is 5.91 Å². The van der Waals surface area contributed by atoms with Crippen LogP contribution in [-0.2, 0) is 10.5 Å². The predicted molar refractivity (Wildman–Crippen MR) is 103 cm³/mol. The van der Waals surface area contributed by atoms with Crippen molar-refractivity contribution in [3.8, 4) is 0 Å². The first-order valence-corrected chi connectivity index (χ1v) is 9.03. The molecule has 4 rings (SSSR count). The lowest BCUT2D eigenvalue weighted by atomic mass is 9.89. The molecule has 1 N–H and O–H groups in total. The fourth-order valence-electron chi connectivity index (χ4n) is 3.64. The highest BCUT2D eigenvalue weighted by Gasteiger charge is 2.48. The Morgan fingerprint density at radius 2 is 1.44 bits per heavy atom. The minimum Gasteiger partial charge on any atom is -0.360 e. The maximum absolute atomic E-state index is 13.3. The van der Waals surface area contributed by atoms with Crippen LogP contribution in [0.4, 0.5) is 0 Å². The summed E-state index contributed by atoms with van der Waals surface area (Å²) in [5, 5.41) is 11.6. The second-order valence-electron chi connectivity index (χ2n) is 6.59. The minimum absolute atomic E-state index is 0.123. The third kappa shape index (κ3) is 3.25. The van der Waals surface area contributed by atoms with Crippen LogP contribution < -0.4 is 0 Å². The van der Waals surface area contributed by atoms with Gasteiger partial charge in [0.15, 0.2) is 0 Å². The number of benzene rings is 3. The van der Waals surface area contributed by atoms with Gasteiger partial charge in [-0.05, 0) is 17.7 Å². The second kappa shape index (κ2) is 7.35. The molecule has 136 valence electrons. The fraction of sp³-hybridized carbons (Fsp3) is 0.174. The van der Waals surface area contributed by atoms with Crippen molar-refractivity contribution in [2.45, 2.75) is 11.8 Å². The molecule has 0 bridgehead atoms. The first-order valence-electron chi connectivity index (χ1n) is 9.03. The molecule has 0 aliphatic carbocycles. The van der Waals surface area contributed by atoms with E-state index in [0.29, 0.717) is 17.7 Å². The number of hydrogen-bond donors (Lipinski definition) is 1. The van der Waals surface area contributed by atoms with Crippen LogP contribution in [0.15, 0.2) is 91.0 Å². The van der Waals surface area contributed by atoms with Crippen LogP contribution >= 0.6 is 0 Å². The quantitative estimate of drug-likeness (QED) is 0.775. The van der Waals surface area contributed by atoms with Crippen LogP contribution in [0.2, 0.25) is 0 Å². The Bertz CT molecular complexity index is 899. The summed E-state index contributed by atoms with van der Waals surface area (Å²) in [6.07, 6.45) is 0. The molecule has 3 aromatic rings. The molecule has 1 amide bonds. The van der Waals surface area contributed by atoms with Gasteiger partial charge in [-0.15, -0.1) is 0 Å². The number of nitrogens with zero attached hydrogens (tertiary/aromatic N) is 1. The molecule has 0 spiro atoms. The van der Waals surface area contributed by atoms with Crippen molar-refractivity contribution in [2.75, 3.05) is 13.2 Å². The SMILES string of the molecule is O=C(c1ccccc1)N1CCO[C@](O)(c2ccccc2)[C@@H]1c1ccccc1. The zero-order chi connectivity index (χ0) is 18.7. The summed E-state index contributed by atoms with van der Waals surface area (Å²) >= 11 is 0. The monoisotopic (exact) mass is 359 g/mol. The van der Waals surface area contributed by atoms with E-state index in [2.05, 4.69) is 0 Å². The minimum atomic E-state index is -1.62. The maximum atomic E-state index is 13.3. The summed E-state index contributed by atoms with van der Waals surface area (Å²) in [6.45, 7) is 0.662. The molecule has 1 aliphatic heterocycles. The predicted octanol–water partition coefficient (Wildman–Crippen LogP) is 3.75. The summed E-state index contributed by atoms with van der Waals surface area (Å²) in [7, 11) is 0. The fourth-order valence-corrected chi connectivity index (χ4v) is 3.64. The molecular formula is C23H21NO3. The Kier molecular flexibility index (Phi) is 4.75. The number of aliphatic hydroxyl groups is 1. The Balaban J connectivity index is 1.82. The van der Waals surface area contributed by atoms with Gasteiger partial charge in [0.1, 0.15) is 6.04 Å². The highest BCUT2D eigenvalue weighted by Crippen LogP contribution is 2.43. The number of amides is 1. The Hall–Kier alpha value is -2.95. The van der Waals surface area contributed by atoms with Gasteiger partial charge in [-0.1, -0.05) is 78.9 Å². The summed E-state index contributed by atoms with van der Waals surface area (Å²) < 4.78 is 5.90. The third-order valence-electron chi connectivity index (χ3n) is 4.92. The molecule has 1 heterocycles. The third-order valence-corrected chi connectivity index (χ3v) is 4.92. The number of rotatable bonds is 3. The lowest BCUT2D eigenvalue weighted by Crippen LogP contribution is -2.54. The van der Waals surface area contributed by atoms with Gasteiger partial charge in [-0.3, -0.25) is 4.79 Å². The second-order valence-corrected chi connectivity index (χ2v) is 6.59. The van der Waals surface area contributed by atoms with Crippen molar-refractivity contribution in [1.82, 2.24) is 4.90 Å². The van der Waals surface area contributed by atoms with E-state index in [4.69, 9.17) is 4.74 Å². The highest BCUT2D eigenvalue weighted by atomic mass is 16.6. The van der Waals surface area contributed by atoms with Crippen molar-refractivity contribution in [1.29, 1.82) is 0 Å². The molecule has 27 heavy (non-hydrogen) atoms. The maximum Gasteiger partial charge on any atom is 0.254 e. The normalized spacial score (nSPS) is 22.4. The molecule has 0 saturated carbocycles. The first-order chi connectivity index (χ1) is 13.2. The summed E-state index contributed by atoms with van der Waals surface area (Å²) in [6, 6.07) is 27.3. The standard InChI is InChI=1S/C23H21NO3/c25-22(19-12-6-2-7-13-19)24-16-17-27-23(26,20-14-8-3-9-15-20)21(24)18-10-4-1-5-11-18/h1-15,21,26H,16-17H2/t21-,23+/m0/s1. The first kappa shape index (κ1) is 17.5. The van der Waals surface area contributed by atoms with Crippen LogP contribution in [0.1, 0.15) is 27.5 Å². The Morgan fingerprint density at radius 3 is 2.07 bits per heavy atom. The van der Waals surface area contributed by atoms with Gasteiger partial charge in [0.2, 0.25) is 5.79 Å². The van der Waals surface area contributed by atoms with Crippen LogP contribution in [0.3, 0.4) is 0 Å². The zero-order valence-corrected chi connectivity index (χ0v) is 14.9. The summed E-state index contributed by atoms with van der Waals surface area (Å²) in [5.41, 5.74) is 2.05. The van der Waals surface area contributed by atoms with E-state index in [1.807, 2.05) is 78.9 Å². The van der Waals surface area contributed by atoms with Crippen molar-refractivity contribution in [3.63, 3.8) is 0 Å². The molecule has 1 fully saturated rings. The summed E-state index contributed by atoms with van der Waals surface area (Å²) in [4.78, 5) is 15.0. The van der Waals surface area contributed by atoms with Gasteiger partial charge >= 0.3 is 0 Å². The van der Waals surface area contributed by atoms with E-state index in [-0.39, 0.29) is 12.5 Å². The molecule has 1 aliphatic rings. The molecule has 0 unspecified atom stereocenters. The number of ether oxygens (including phenoxy) is 1. The van der Waals surface area contributed by atoms with Gasteiger partial charge < -0.3 is 14.7 Å². The van der Waals surface area contributed by atoms with Gasteiger partial charge in [-0.25, -0.2) is 0 Å². The average Bonchev–Trinajstić information content (AvgIpc) is 2.75. The molecule has 4 nitrogen and oxygen atoms in total. The van der Waals surface area contributed by atoms with Crippen molar-refractivity contribution < 1.29 is 14.6 Å². The molecule has 3 aromatic carbocycles. The van der Waals surface area contributed by atoms with E-state index < -0.39 is 11.8 Å². The highest BCUT2D eigenvalue weighted by molar-refractivity contribution is 5.94. The number of carbonyl (C=O) groups is 1. The molecule has 4 heteroatoms. The number of hydrogen-bond acceptors (Lipinski definition) is 3. The van der Waals surface area contributed by atoms with Crippen molar-refractivity contribution >= 4 is 5.91 Å². The van der Waals surface area contributed by atoms with Crippen LogP contribution in [0.5, 0.6) is 0 Å². The average molecular weight is 359 g/mol. The summed E-state index contributed by atoms with van der Waals surface area (Å²) in [5.74, 6) is -1.74. The van der Waals surface area contributed by atoms with E-state index in [0.717, 1.165) is 5.56 Å². The van der Waals surface area contributed by atoms with E-state index >= 15 is 0 Å². The van der Waals surface area contributed by atoms with Gasteiger partial charge in [0.05, 0.1) is 6.61 Å². The lowest BCUT2D eigenvalue weighted by molar-refractivity contribution is -0.273. The van der Waals surface area contributed by atoms with Crippen molar-refractivity contribution in [3.05, 3.63) is 108 Å². The van der Waals surface area contributed by atoms with E-state index in [1.165, 1.54) is 0 Å². The lowest BCUT2D eigenvalue weighted by Gasteiger charge is -2.47. The molecule has 2 atom stereocenters. The van der Waals surface area contributed by atoms with E-state index in [9.17, 15) is 9.90 Å². The topological polar surface area (TPSA) is 49.8 Å². The zero-order valence-electron chi connectivity index (χ0n) is 14.9. The van der Waals surface area contributed by atoms with E-state index in [1.54, 1.807) is 17.0 Å². The van der Waals surface area contributed by atoms with Gasteiger partial charge in [0, 0.05) is 17.7 Å². The molecule has 0 radical (unpaired) electrons. The van der Waals surface area contributed by atoms with Crippen molar-refractivity contribution in [2.24, 2.45) is 0 Å².